The van der Waals surface area contributed by atoms with Gasteiger partial charge in [-0.1, -0.05) is 47.6 Å². The van der Waals surface area contributed by atoms with Crippen LogP contribution < -0.4 is 10.2 Å². The molecule has 8 heteroatoms. The molecule has 0 amide bonds. The molecular formula is C23H31F3N4O. The van der Waals surface area contributed by atoms with E-state index >= 15 is 0 Å². The fourth-order valence-electron chi connectivity index (χ4n) is 3.52. The van der Waals surface area contributed by atoms with Gasteiger partial charge in [0.15, 0.2) is 0 Å². The molecule has 3 rings (SSSR count). The van der Waals surface area contributed by atoms with E-state index in [1.165, 1.54) is 12.3 Å². The van der Waals surface area contributed by atoms with Crippen LogP contribution in [0.5, 0.6) is 0 Å². The van der Waals surface area contributed by atoms with Gasteiger partial charge < -0.3 is 15.0 Å². The minimum atomic E-state index is -4.52. The number of nitrogens with zero attached hydrogens (tertiary/aromatic N) is 3. The molecule has 1 atom stereocenters. The minimum Gasteiger partial charge on any atom is -0.355 e. The van der Waals surface area contributed by atoms with Crippen LogP contribution in [-0.4, -0.2) is 35.9 Å². The van der Waals surface area contributed by atoms with Gasteiger partial charge in [-0.15, -0.1) is 0 Å². The molecule has 0 bridgehead atoms. The van der Waals surface area contributed by atoms with E-state index in [0.717, 1.165) is 11.4 Å². The Balaban J connectivity index is 1.86. The standard InChI is InChI=1S/C23H31F3N4O/c1-21(2,3)15-12-17(23(24,25)26)19(28-13-15)29-18-14-30(10-11-31-18)20-16(22(4,5)6)8-7-9-27-20/h7-9,12-13,18H,10-11,14H2,1-6H3,(H,28,29). The van der Waals surface area contributed by atoms with Crippen molar-refractivity contribution in [2.24, 2.45) is 0 Å². The highest BCUT2D eigenvalue weighted by Gasteiger charge is 2.37. The van der Waals surface area contributed by atoms with Gasteiger partial charge in [0.1, 0.15) is 17.9 Å². The predicted molar refractivity (Wildman–Crippen MR) is 116 cm³/mol. The van der Waals surface area contributed by atoms with Gasteiger partial charge in [0, 0.05) is 24.5 Å². The van der Waals surface area contributed by atoms with E-state index in [9.17, 15) is 13.2 Å². The summed E-state index contributed by atoms with van der Waals surface area (Å²) in [7, 11) is 0. The second kappa shape index (κ2) is 8.30. The third-order valence-electron chi connectivity index (χ3n) is 5.32. The maximum Gasteiger partial charge on any atom is 0.419 e. The lowest BCUT2D eigenvalue weighted by atomic mass is 9.87. The molecule has 2 aromatic rings. The number of nitrogens with one attached hydrogen (secondary N) is 1. The molecule has 31 heavy (non-hydrogen) atoms. The molecule has 1 aliphatic rings. The highest BCUT2D eigenvalue weighted by Crippen LogP contribution is 2.37. The maximum absolute atomic E-state index is 13.8. The van der Waals surface area contributed by atoms with E-state index in [-0.39, 0.29) is 11.2 Å². The zero-order valence-electron chi connectivity index (χ0n) is 19.0. The zero-order chi connectivity index (χ0) is 23.0. The summed E-state index contributed by atoms with van der Waals surface area (Å²) in [5, 5.41) is 2.87. The summed E-state index contributed by atoms with van der Waals surface area (Å²) in [6, 6.07) is 5.11. The summed E-state index contributed by atoms with van der Waals surface area (Å²) in [5.41, 5.74) is 0.276. The molecule has 1 saturated heterocycles. The Labute approximate surface area is 182 Å². The average Bonchev–Trinajstić information content (AvgIpc) is 2.66. The highest BCUT2D eigenvalue weighted by atomic mass is 19.4. The van der Waals surface area contributed by atoms with Crippen LogP contribution in [0.25, 0.3) is 0 Å². The van der Waals surface area contributed by atoms with E-state index in [1.807, 2.05) is 32.9 Å². The Morgan fingerprint density at radius 2 is 1.74 bits per heavy atom. The maximum atomic E-state index is 13.8. The molecule has 1 fully saturated rings. The molecule has 1 unspecified atom stereocenters. The van der Waals surface area contributed by atoms with Crippen molar-refractivity contribution >= 4 is 11.6 Å². The number of rotatable bonds is 3. The van der Waals surface area contributed by atoms with Crippen molar-refractivity contribution in [3.63, 3.8) is 0 Å². The van der Waals surface area contributed by atoms with Crippen molar-refractivity contribution in [3.8, 4) is 0 Å². The lowest BCUT2D eigenvalue weighted by Gasteiger charge is -2.37. The van der Waals surface area contributed by atoms with E-state index in [1.54, 1.807) is 6.20 Å². The van der Waals surface area contributed by atoms with Gasteiger partial charge in [-0.3, -0.25) is 0 Å². The van der Waals surface area contributed by atoms with Gasteiger partial charge in [0.05, 0.1) is 18.7 Å². The number of hydrogen-bond acceptors (Lipinski definition) is 5. The van der Waals surface area contributed by atoms with Gasteiger partial charge in [0.2, 0.25) is 0 Å². The van der Waals surface area contributed by atoms with Gasteiger partial charge in [-0.05, 0) is 28.5 Å². The smallest absolute Gasteiger partial charge is 0.355 e. The van der Waals surface area contributed by atoms with Crippen molar-refractivity contribution in [3.05, 3.63) is 47.3 Å². The minimum absolute atomic E-state index is 0.112. The molecular weight excluding hydrogens is 405 g/mol. The molecule has 0 spiro atoms. The topological polar surface area (TPSA) is 50.3 Å². The number of alkyl halides is 3. The highest BCUT2D eigenvalue weighted by molar-refractivity contribution is 5.52. The molecule has 0 radical (unpaired) electrons. The van der Waals surface area contributed by atoms with Crippen molar-refractivity contribution in [2.75, 3.05) is 29.9 Å². The number of morpholine rings is 1. The van der Waals surface area contributed by atoms with Crippen molar-refractivity contribution < 1.29 is 17.9 Å². The molecule has 0 aromatic carbocycles. The van der Waals surface area contributed by atoms with Crippen LogP contribution in [0.3, 0.4) is 0 Å². The van der Waals surface area contributed by atoms with Crippen LogP contribution >= 0.6 is 0 Å². The summed E-state index contributed by atoms with van der Waals surface area (Å²) in [6.07, 6.45) is -1.94. The first-order valence-electron chi connectivity index (χ1n) is 10.4. The number of halogens is 3. The Morgan fingerprint density at radius 3 is 2.35 bits per heavy atom. The van der Waals surface area contributed by atoms with Gasteiger partial charge >= 0.3 is 6.18 Å². The van der Waals surface area contributed by atoms with E-state index in [0.29, 0.717) is 25.3 Å². The van der Waals surface area contributed by atoms with Gasteiger partial charge in [0.25, 0.3) is 0 Å². The Hall–Kier alpha value is -2.35. The molecule has 2 aromatic heterocycles. The molecule has 5 nitrogen and oxygen atoms in total. The number of aromatic nitrogens is 2. The fraction of sp³-hybridized carbons (Fsp3) is 0.565. The molecule has 0 aliphatic carbocycles. The van der Waals surface area contributed by atoms with Crippen LogP contribution in [0.2, 0.25) is 0 Å². The van der Waals surface area contributed by atoms with E-state index in [2.05, 4.69) is 41.0 Å². The molecule has 170 valence electrons. The lowest BCUT2D eigenvalue weighted by molar-refractivity contribution is -0.137. The van der Waals surface area contributed by atoms with Crippen LogP contribution in [0.1, 0.15) is 58.2 Å². The summed E-state index contributed by atoms with van der Waals surface area (Å²) in [4.78, 5) is 10.7. The van der Waals surface area contributed by atoms with Gasteiger partial charge in [-0.2, -0.15) is 13.2 Å². The predicted octanol–water partition coefficient (Wildman–Crippen LogP) is 5.37. The largest absolute Gasteiger partial charge is 0.419 e. The third-order valence-corrected chi connectivity index (χ3v) is 5.32. The van der Waals surface area contributed by atoms with Crippen molar-refractivity contribution in [1.29, 1.82) is 0 Å². The Bertz CT molecular complexity index is 916. The Kier molecular flexibility index (Phi) is 6.24. The summed E-state index contributed by atoms with van der Waals surface area (Å²) < 4.78 is 47.0. The van der Waals surface area contributed by atoms with Crippen LogP contribution in [0, 0.1) is 0 Å². The van der Waals surface area contributed by atoms with E-state index < -0.39 is 23.4 Å². The van der Waals surface area contributed by atoms with Crippen LogP contribution in [0.15, 0.2) is 30.6 Å². The van der Waals surface area contributed by atoms with Crippen molar-refractivity contribution in [2.45, 2.75) is 64.8 Å². The van der Waals surface area contributed by atoms with E-state index in [4.69, 9.17) is 4.74 Å². The first-order valence-corrected chi connectivity index (χ1v) is 10.4. The average molecular weight is 437 g/mol. The SMILES string of the molecule is CC(C)(C)c1cnc(NC2CN(c3ncccc3C(C)(C)C)CCO2)c(C(F)(F)F)c1. The zero-order valence-corrected chi connectivity index (χ0v) is 19.0. The molecule has 1 N–H and O–H groups in total. The van der Waals surface area contributed by atoms with Crippen LogP contribution in [0.4, 0.5) is 24.8 Å². The second-order valence-corrected chi connectivity index (χ2v) is 9.94. The fourth-order valence-corrected chi connectivity index (χ4v) is 3.52. The molecule has 1 aliphatic heterocycles. The number of anilines is 2. The van der Waals surface area contributed by atoms with Crippen molar-refractivity contribution in [1.82, 2.24) is 9.97 Å². The van der Waals surface area contributed by atoms with Crippen LogP contribution in [-0.2, 0) is 21.7 Å². The first-order chi connectivity index (χ1) is 14.3. The molecule has 0 saturated carbocycles. The summed E-state index contributed by atoms with van der Waals surface area (Å²) in [6.45, 7) is 13.3. The second-order valence-electron chi connectivity index (χ2n) is 9.94. The summed E-state index contributed by atoms with van der Waals surface area (Å²) >= 11 is 0. The summed E-state index contributed by atoms with van der Waals surface area (Å²) in [5.74, 6) is 0.613. The monoisotopic (exact) mass is 436 g/mol. The Morgan fingerprint density at radius 1 is 1.03 bits per heavy atom. The first kappa shape index (κ1) is 23.3. The van der Waals surface area contributed by atoms with Gasteiger partial charge in [-0.25, -0.2) is 9.97 Å². The normalized spacial score (nSPS) is 18.2. The quantitative estimate of drug-likeness (QED) is 0.702. The molecule has 3 heterocycles. The lowest BCUT2D eigenvalue weighted by Crippen LogP contribution is -2.47. The number of ether oxygens (including phenoxy) is 1. The number of pyridine rings is 2. The third kappa shape index (κ3) is 5.47. The number of hydrogen-bond donors (Lipinski definition) is 1.